The Labute approximate surface area is 187 Å². The Kier molecular flexibility index (Phi) is 5.18. The summed E-state index contributed by atoms with van der Waals surface area (Å²) >= 11 is 3.12. The van der Waals surface area contributed by atoms with Gasteiger partial charge in [-0.1, -0.05) is 26.8 Å². The number of sulfone groups is 1. The Morgan fingerprint density at radius 3 is 2.52 bits per heavy atom. The zero-order valence-corrected chi connectivity index (χ0v) is 19.5. The lowest BCUT2D eigenvalue weighted by Gasteiger charge is -2.37. The zero-order valence-electron chi connectivity index (χ0n) is 17.1. The highest BCUT2D eigenvalue weighted by Crippen LogP contribution is 2.54. The van der Waals surface area contributed by atoms with E-state index in [9.17, 15) is 27.5 Å². The number of amides is 1. The van der Waals surface area contributed by atoms with Crippen molar-refractivity contribution in [1.29, 1.82) is 0 Å². The van der Waals surface area contributed by atoms with Crippen molar-refractivity contribution in [1.82, 2.24) is 4.90 Å². The van der Waals surface area contributed by atoms with Gasteiger partial charge in [-0.15, -0.1) is 0 Å². The lowest BCUT2D eigenvalue weighted by molar-refractivity contribution is -0.121. The van der Waals surface area contributed by atoms with Crippen molar-refractivity contribution in [2.45, 2.75) is 38.4 Å². The van der Waals surface area contributed by atoms with Crippen LogP contribution in [0.3, 0.4) is 0 Å². The van der Waals surface area contributed by atoms with Gasteiger partial charge in [0.25, 0.3) is 0 Å². The fourth-order valence-corrected chi connectivity index (χ4v) is 7.71. The molecule has 3 aliphatic heterocycles. The average Bonchev–Trinajstić information content (AvgIpc) is 2.93. The fourth-order valence-electron chi connectivity index (χ4n) is 4.61. The van der Waals surface area contributed by atoms with Crippen LogP contribution in [0.25, 0.3) is 0 Å². The average molecular weight is 514 g/mol. The molecule has 0 spiro atoms. The minimum Gasteiger partial charge on any atom is -0.464 e. The third-order valence-electron chi connectivity index (χ3n) is 5.95. The van der Waals surface area contributed by atoms with Crippen molar-refractivity contribution in [3.05, 3.63) is 55.9 Å². The molecule has 0 saturated heterocycles. The Balaban J connectivity index is 2.04. The van der Waals surface area contributed by atoms with Crippen molar-refractivity contribution >= 4 is 37.6 Å². The van der Waals surface area contributed by atoms with Crippen molar-refractivity contribution in [2.24, 2.45) is 5.41 Å². The van der Waals surface area contributed by atoms with Gasteiger partial charge in [0, 0.05) is 17.7 Å². The van der Waals surface area contributed by atoms with Crippen LogP contribution in [0.1, 0.15) is 38.7 Å². The molecule has 2 unspecified atom stereocenters. The Bertz CT molecular complexity index is 1180. The second-order valence-electron chi connectivity index (χ2n) is 8.92. The Hall–Kier alpha value is -2.04. The van der Waals surface area contributed by atoms with Gasteiger partial charge < -0.3 is 9.84 Å². The quantitative estimate of drug-likeness (QED) is 0.609. The van der Waals surface area contributed by atoms with Gasteiger partial charge in [0.05, 0.1) is 32.8 Å². The lowest BCUT2D eigenvalue weighted by atomic mass is 9.81. The molecule has 1 amide bonds. The third-order valence-corrected chi connectivity index (χ3v) is 9.27. The highest BCUT2D eigenvalue weighted by Gasteiger charge is 2.55. The van der Waals surface area contributed by atoms with E-state index in [0.29, 0.717) is 5.56 Å². The smallest absolute Gasteiger partial charge is 0.416 e. The molecule has 7 nitrogen and oxygen atoms in total. The molecule has 1 N–H and O–H groups in total. The van der Waals surface area contributed by atoms with E-state index < -0.39 is 44.1 Å². The predicted molar refractivity (Wildman–Crippen MR) is 113 cm³/mol. The van der Waals surface area contributed by atoms with Crippen LogP contribution in [0.2, 0.25) is 0 Å². The summed E-state index contributed by atoms with van der Waals surface area (Å²) in [5.74, 6) is -2.04. The molecular formula is C21H21BrFNO6S. The van der Waals surface area contributed by atoms with Crippen LogP contribution in [0, 0.1) is 11.2 Å². The number of nitrogens with zero attached hydrogens (tertiary/aromatic N) is 1. The molecule has 4 rings (SSSR count). The summed E-state index contributed by atoms with van der Waals surface area (Å²) in [7, 11) is -3.97. The summed E-state index contributed by atoms with van der Waals surface area (Å²) in [5, 5.41) is 9.08. The second kappa shape index (κ2) is 7.25. The summed E-state index contributed by atoms with van der Waals surface area (Å²) in [6, 6.07) is 4.06. The van der Waals surface area contributed by atoms with Gasteiger partial charge in [-0.3, -0.25) is 9.69 Å². The van der Waals surface area contributed by atoms with Crippen molar-refractivity contribution < 1.29 is 32.2 Å². The number of benzene rings is 1. The minimum atomic E-state index is -3.97. The number of halogens is 2. The maximum atomic E-state index is 13.9. The van der Waals surface area contributed by atoms with Gasteiger partial charge in [-0.25, -0.2) is 17.6 Å². The molecule has 0 bridgehead atoms. The highest BCUT2D eigenvalue weighted by molar-refractivity contribution is 9.10. The summed E-state index contributed by atoms with van der Waals surface area (Å²) in [5.41, 5.74) is 0.0540. The minimum absolute atomic E-state index is 0.00268. The number of Topliss-reactive ketones (excluding diaryl/α,β-unsaturated/α-hetero) is 1. The molecule has 1 aromatic carbocycles. The molecule has 0 fully saturated rings. The zero-order chi connectivity index (χ0) is 22.9. The van der Waals surface area contributed by atoms with E-state index >= 15 is 0 Å². The van der Waals surface area contributed by atoms with Gasteiger partial charge >= 0.3 is 6.09 Å². The first-order valence-electron chi connectivity index (χ1n) is 9.64. The van der Waals surface area contributed by atoms with Crippen LogP contribution in [0.15, 0.2) is 44.5 Å². The summed E-state index contributed by atoms with van der Waals surface area (Å²) in [4.78, 5) is 25.9. The molecule has 0 aromatic heterocycles. The van der Waals surface area contributed by atoms with Gasteiger partial charge in [0.1, 0.15) is 12.4 Å². The van der Waals surface area contributed by atoms with Crippen LogP contribution in [-0.4, -0.2) is 48.8 Å². The number of hydrogen-bond donors (Lipinski definition) is 1. The van der Waals surface area contributed by atoms with Crippen LogP contribution in [0.4, 0.5) is 9.18 Å². The number of allylic oxidation sites excluding steroid dienone is 2. The van der Waals surface area contributed by atoms with E-state index in [4.69, 9.17) is 4.74 Å². The lowest BCUT2D eigenvalue weighted by Crippen LogP contribution is -2.41. The van der Waals surface area contributed by atoms with Gasteiger partial charge in [0.2, 0.25) is 0 Å². The molecule has 31 heavy (non-hydrogen) atoms. The highest BCUT2D eigenvalue weighted by atomic mass is 79.9. The second-order valence-corrected chi connectivity index (χ2v) is 11.9. The SMILES string of the molecule is CC(C)(C)C1CC2=C(C(c3ccc(F)c(Br)c3)C3=C(COCC3=O)N2C(=O)O)S1(=O)=O. The van der Waals surface area contributed by atoms with Crippen molar-refractivity contribution in [2.75, 3.05) is 13.2 Å². The first-order valence-corrected chi connectivity index (χ1v) is 12.0. The van der Waals surface area contributed by atoms with Crippen LogP contribution >= 0.6 is 15.9 Å². The third kappa shape index (κ3) is 3.35. The van der Waals surface area contributed by atoms with E-state index in [1.807, 2.05) is 0 Å². The largest absolute Gasteiger partial charge is 0.464 e. The Morgan fingerprint density at radius 2 is 1.94 bits per heavy atom. The van der Waals surface area contributed by atoms with Crippen LogP contribution in [-0.2, 0) is 19.4 Å². The van der Waals surface area contributed by atoms with Gasteiger partial charge in [0.15, 0.2) is 15.6 Å². The molecule has 0 saturated carbocycles. The molecule has 166 valence electrons. The van der Waals surface area contributed by atoms with E-state index in [2.05, 4.69) is 15.9 Å². The molecule has 2 atom stereocenters. The number of ether oxygens (including phenoxy) is 1. The monoisotopic (exact) mass is 513 g/mol. The maximum absolute atomic E-state index is 13.9. The number of carbonyl (C=O) groups excluding carboxylic acids is 1. The van der Waals surface area contributed by atoms with Crippen molar-refractivity contribution in [3.8, 4) is 0 Å². The molecule has 0 aliphatic carbocycles. The molecule has 0 radical (unpaired) electrons. The molecular weight excluding hydrogens is 493 g/mol. The maximum Gasteiger partial charge on any atom is 0.416 e. The van der Waals surface area contributed by atoms with E-state index in [1.54, 1.807) is 20.8 Å². The molecule has 10 heteroatoms. The first-order chi connectivity index (χ1) is 14.4. The topological polar surface area (TPSA) is 101 Å². The van der Waals surface area contributed by atoms with Gasteiger partial charge in [-0.2, -0.15) is 0 Å². The van der Waals surface area contributed by atoms with Crippen LogP contribution in [0.5, 0.6) is 0 Å². The number of carboxylic acid groups (broad SMARTS) is 1. The molecule has 1 aromatic rings. The number of ketones is 1. The number of hydrogen-bond acceptors (Lipinski definition) is 5. The first kappa shape index (κ1) is 22.2. The summed E-state index contributed by atoms with van der Waals surface area (Å²) in [6.45, 7) is 4.93. The molecule has 3 aliphatic rings. The predicted octanol–water partition coefficient (Wildman–Crippen LogP) is 3.96. The van der Waals surface area contributed by atoms with E-state index in [1.165, 1.54) is 18.2 Å². The van der Waals surface area contributed by atoms with Crippen LogP contribution < -0.4 is 0 Å². The number of carbonyl (C=O) groups is 2. The number of rotatable bonds is 1. The fraction of sp³-hybridized carbons (Fsp3) is 0.429. The standard InChI is InChI=1S/C21H21BrFNO6S/c1-21(2,3)16-7-13-19(31(16,28)29)17(10-4-5-12(23)11(22)6-10)18-14(24(13)20(26)27)8-30-9-15(18)25/h4-6,16-17H,7-9H2,1-3H3,(H,26,27). The van der Waals surface area contributed by atoms with E-state index in [-0.39, 0.29) is 46.0 Å². The molecule has 3 heterocycles. The van der Waals surface area contributed by atoms with Crippen molar-refractivity contribution in [3.63, 3.8) is 0 Å². The van der Waals surface area contributed by atoms with Gasteiger partial charge in [-0.05, 0) is 39.0 Å². The Morgan fingerprint density at radius 1 is 1.26 bits per heavy atom. The summed E-state index contributed by atoms with van der Waals surface area (Å²) < 4.78 is 46.8. The van der Waals surface area contributed by atoms with E-state index in [0.717, 1.165) is 4.90 Å². The normalized spacial score (nSPS) is 25.6. The summed E-state index contributed by atoms with van der Waals surface area (Å²) in [6.07, 6.45) is -1.38.